The van der Waals surface area contributed by atoms with E-state index >= 15 is 0 Å². The Hall–Kier alpha value is -0.860. The lowest BCUT2D eigenvalue weighted by molar-refractivity contribution is 0.0704. The highest BCUT2D eigenvalue weighted by molar-refractivity contribution is 5.13. The predicted octanol–water partition coefficient (Wildman–Crippen LogP) is 2.98. The molecule has 0 amide bonds. The van der Waals surface area contributed by atoms with Crippen molar-refractivity contribution < 1.29 is 4.74 Å². The summed E-state index contributed by atoms with van der Waals surface area (Å²) in [6.07, 6.45) is 5.21. The Bertz CT molecular complexity index is 304. The molecule has 1 aliphatic carbocycles. The zero-order valence-electron chi connectivity index (χ0n) is 10.7. The van der Waals surface area contributed by atoms with Gasteiger partial charge in [0.2, 0.25) is 0 Å². The molecule has 94 valence electrons. The van der Waals surface area contributed by atoms with Crippen molar-refractivity contribution in [2.24, 2.45) is 5.92 Å². The van der Waals surface area contributed by atoms with Crippen LogP contribution in [0.5, 0.6) is 0 Å². The SMILES string of the molecule is CNC1CCC(COCc2ccccc2)CC1. The van der Waals surface area contributed by atoms with Crippen LogP contribution in [0.25, 0.3) is 0 Å². The van der Waals surface area contributed by atoms with Crippen molar-refractivity contribution in [3.8, 4) is 0 Å². The van der Waals surface area contributed by atoms with Crippen molar-refractivity contribution >= 4 is 0 Å². The summed E-state index contributed by atoms with van der Waals surface area (Å²) in [5.41, 5.74) is 1.27. The molecule has 0 heterocycles. The van der Waals surface area contributed by atoms with Gasteiger partial charge in [-0.1, -0.05) is 30.3 Å². The number of rotatable bonds is 5. The Balaban J connectivity index is 1.63. The Kier molecular flexibility index (Phi) is 5.02. The van der Waals surface area contributed by atoms with E-state index in [1.807, 2.05) is 6.07 Å². The third-order valence-corrected chi connectivity index (χ3v) is 3.72. The first-order chi connectivity index (χ1) is 8.38. The second-order valence-electron chi connectivity index (χ2n) is 5.01. The summed E-state index contributed by atoms with van der Waals surface area (Å²) in [6.45, 7) is 1.68. The largest absolute Gasteiger partial charge is 0.376 e. The van der Waals surface area contributed by atoms with Gasteiger partial charge in [-0.25, -0.2) is 0 Å². The van der Waals surface area contributed by atoms with Crippen LogP contribution in [0.4, 0.5) is 0 Å². The lowest BCUT2D eigenvalue weighted by Crippen LogP contribution is -2.31. The minimum atomic E-state index is 0.736. The predicted molar refractivity (Wildman–Crippen MR) is 70.9 cm³/mol. The van der Waals surface area contributed by atoms with Gasteiger partial charge in [-0.3, -0.25) is 0 Å². The van der Waals surface area contributed by atoms with Crippen molar-refractivity contribution in [2.45, 2.75) is 38.3 Å². The normalized spacial score (nSPS) is 24.8. The molecule has 0 saturated heterocycles. The Labute approximate surface area is 104 Å². The van der Waals surface area contributed by atoms with Crippen LogP contribution < -0.4 is 5.32 Å². The topological polar surface area (TPSA) is 21.3 Å². The highest BCUT2D eigenvalue weighted by atomic mass is 16.5. The molecule has 0 spiro atoms. The molecule has 1 saturated carbocycles. The zero-order valence-corrected chi connectivity index (χ0v) is 10.7. The molecule has 1 aromatic carbocycles. The summed E-state index contributed by atoms with van der Waals surface area (Å²) >= 11 is 0. The minimum Gasteiger partial charge on any atom is -0.376 e. The van der Waals surface area contributed by atoms with Crippen molar-refractivity contribution in [3.05, 3.63) is 35.9 Å². The van der Waals surface area contributed by atoms with E-state index in [1.54, 1.807) is 0 Å². The van der Waals surface area contributed by atoms with Crippen LogP contribution >= 0.6 is 0 Å². The maximum atomic E-state index is 5.81. The minimum absolute atomic E-state index is 0.736. The van der Waals surface area contributed by atoms with Crippen molar-refractivity contribution in [3.63, 3.8) is 0 Å². The molecule has 1 aromatic rings. The van der Waals surface area contributed by atoms with Crippen LogP contribution in [0.2, 0.25) is 0 Å². The summed E-state index contributed by atoms with van der Waals surface area (Å²) < 4.78 is 5.81. The maximum absolute atomic E-state index is 5.81. The molecule has 1 fully saturated rings. The molecule has 0 bridgehead atoms. The molecule has 17 heavy (non-hydrogen) atoms. The summed E-state index contributed by atoms with van der Waals surface area (Å²) in [5.74, 6) is 0.767. The van der Waals surface area contributed by atoms with E-state index in [1.165, 1.54) is 31.2 Å². The van der Waals surface area contributed by atoms with Crippen molar-refractivity contribution in [1.82, 2.24) is 5.32 Å². The van der Waals surface area contributed by atoms with Gasteiger partial charge in [-0.2, -0.15) is 0 Å². The molecule has 2 heteroatoms. The van der Waals surface area contributed by atoms with Crippen molar-refractivity contribution in [2.75, 3.05) is 13.7 Å². The molecule has 0 radical (unpaired) electrons. The fourth-order valence-corrected chi connectivity index (χ4v) is 2.54. The number of hydrogen-bond acceptors (Lipinski definition) is 2. The van der Waals surface area contributed by atoms with Crippen LogP contribution in [0.1, 0.15) is 31.2 Å². The van der Waals surface area contributed by atoms with E-state index in [0.29, 0.717) is 0 Å². The Morgan fingerprint density at radius 3 is 2.47 bits per heavy atom. The van der Waals surface area contributed by atoms with Gasteiger partial charge in [0.1, 0.15) is 0 Å². The van der Waals surface area contributed by atoms with Gasteiger partial charge in [-0.05, 0) is 44.2 Å². The van der Waals surface area contributed by atoms with Crippen LogP contribution in [0.3, 0.4) is 0 Å². The highest BCUT2D eigenvalue weighted by Gasteiger charge is 2.19. The highest BCUT2D eigenvalue weighted by Crippen LogP contribution is 2.24. The van der Waals surface area contributed by atoms with E-state index in [0.717, 1.165) is 25.2 Å². The first-order valence-corrected chi connectivity index (χ1v) is 6.67. The average Bonchev–Trinajstić information content (AvgIpc) is 2.41. The molecule has 0 atom stereocenters. The summed E-state index contributed by atoms with van der Waals surface area (Å²) in [5, 5.41) is 3.37. The fourth-order valence-electron chi connectivity index (χ4n) is 2.54. The summed E-state index contributed by atoms with van der Waals surface area (Å²) in [7, 11) is 2.07. The van der Waals surface area contributed by atoms with E-state index in [-0.39, 0.29) is 0 Å². The molecule has 2 rings (SSSR count). The third kappa shape index (κ3) is 4.14. The third-order valence-electron chi connectivity index (χ3n) is 3.72. The van der Waals surface area contributed by atoms with Gasteiger partial charge >= 0.3 is 0 Å². The average molecular weight is 233 g/mol. The first-order valence-electron chi connectivity index (χ1n) is 6.67. The van der Waals surface area contributed by atoms with Crippen molar-refractivity contribution in [1.29, 1.82) is 0 Å². The van der Waals surface area contributed by atoms with Gasteiger partial charge < -0.3 is 10.1 Å². The lowest BCUT2D eigenvalue weighted by Gasteiger charge is -2.27. The van der Waals surface area contributed by atoms with Gasteiger partial charge in [-0.15, -0.1) is 0 Å². The molecule has 0 unspecified atom stereocenters. The molecular weight excluding hydrogens is 210 g/mol. The number of ether oxygens (including phenoxy) is 1. The number of benzene rings is 1. The zero-order chi connectivity index (χ0) is 11.9. The van der Waals surface area contributed by atoms with Crippen LogP contribution in [0.15, 0.2) is 30.3 Å². The van der Waals surface area contributed by atoms with Gasteiger partial charge in [0.05, 0.1) is 6.61 Å². The summed E-state index contributed by atoms with van der Waals surface area (Å²) in [4.78, 5) is 0. The summed E-state index contributed by atoms with van der Waals surface area (Å²) in [6, 6.07) is 11.2. The molecule has 1 N–H and O–H groups in total. The van der Waals surface area contributed by atoms with Crippen LogP contribution in [-0.4, -0.2) is 19.7 Å². The first kappa shape index (κ1) is 12.6. The Morgan fingerprint density at radius 1 is 1.12 bits per heavy atom. The Morgan fingerprint density at radius 2 is 1.82 bits per heavy atom. The molecule has 0 aliphatic heterocycles. The van der Waals surface area contributed by atoms with Gasteiger partial charge in [0.15, 0.2) is 0 Å². The second-order valence-corrected chi connectivity index (χ2v) is 5.01. The maximum Gasteiger partial charge on any atom is 0.0717 e. The van der Waals surface area contributed by atoms with E-state index in [4.69, 9.17) is 4.74 Å². The van der Waals surface area contributed by atoms with Crippen LogP contribution in [0, 0.1) is 5.92 Å². The molecular formula is C15H23NO. The quantitative estimate of drug-likeness (QED) is 0.844. The van der Waals surface area contributed by atoms with E-state index in [2.05, 4.69) is 36.6 Å². The molecule has 1 aliphatic rings. The van der Waals surface area contributed by atoms with Gasteiger partial charge in [0, 0.05) is 12.6 Å². The molecule has 0 aromatic heterocycles. The number of hydrogen-bond donors (Lipinski definition) is 1. The second kappa shape index (κ2) is 6.77. The lowest BCUT2D eigenvalue weighted by atomic mass is 9.87. The molecule has 2 nitrogen and oxygen atoms in total. The smallest absolute Gasteiger partial charge is 0.0717 e. The van der Waals surface area contributed by atoms with E-state index in [9.17, 15) is 0 Å². The van der Waals surface area contributed by atoms with Crippen LogP contribution in [-0.2, 0) is 11.3 Å². The van der Waals surface area contributed by atoms with Gasteiger partial charge in [0.25, 0.3) is 0 Å². The fraction of sp³-hybridized carbons (Fsp3) is 0.600. The number of nitrogens with one attached hydrogen (secondary N) is 1. The standard InChI is InChI=1S/C15H23NO/c1-16-15-9-7-14(8-10-15)12-17-11-13-5-3-2-4-6-13/h2-6,14-16H,7-12H2,1H3. The monoisotopic (exact) mass is 233 g/mol. The van der Waals surface area contributed by atoms with E-state index < -0.39 is 0 Å².